The molecule has 1 aliphatic carbocycles. The first-order chi connectivity index (χ1) is 11.4. The van der Waals surface area contributed by atoms with Crippen molar-refractivity contribution in [2.75, 3.05) is 6.61 Å². The number of oxime groups is 1. The summed E-state index contributed by atoms with van der Waals surface area (Å²) in [5.74, 6) is 0.357. The first-order valence-corrected chi connectivity index (χ1v) is 8.41. The average molecular weight is 343 g/mol. The van der Waals surface area contributed by atoms with Crippen LogP contribution in [0.2, 0.25) is 0 Å². The minimum absolute atomic E-state index is 0.00330. The summed E-state index contributed by atoms with van der Waals surface area (Å²) >= 11 is 0. The minimum atomic E-state index is -4.35. The molecule has 1 fully saturated rings. The van der Waals surface area contributed by atoms with Crippen LogP contribution in [0.3, 0.4) is 0 Å². The molecule has 24 heavy (non-hydrogen) atoms. The molecule has 0 atom stereocenters. The van der Waals surface area contributed by atoms with Gasteiger partial charge in [0.1, 0.15) is 6.61 Å². The van der Waals surface area contributed by atoms with Gasteiger partial charge in [0.2, 0.25) is 5.90 Å². The summed E-state index contributed by atoms with van der Waals surface area (Å²) in [6, 6.07) is 4.50. The van der Waals surface area contributed by atoms with E-state index < -0.39 is 11.7 Å². The van der Waals surface area contributed by atoms with Crippen molar-refractivity contribution in [1.29, 1.82) is 0 Å². The molecule has 2 rings (SSSR count). The predicted octanol–water partition coefficient (Wildman–Crippen LogP) is 5.64. The molecular formula is C18H24F3NO2. The van der Waals surface area contributed by atoms with E-state index in [0.29, 0.717) is 23.6 Å². The van der Waals surface area contributed by atoms with E-state index in [1.54, 1.807) is 19.1 Å². The molecule has 1 aromatic rings. The number of benzene rings is 1. The SMILES string of the molecule is CCO/C(C)=N/OCc1ccc(C2CCCCC2)c(C(F)(F)F)c1. The summed E-state index contributed by atoms with van der Waals surface area (Å²) in [6.07, 6.45) is 0.415. The molecule has 0 saturated heterocycles. The minimum Gasteiger partial charge on any atom is -0.479 e. The predicted molar refractivity (Wildman–Crippen MR) is 86.8 cm³/mol. The van der Waals surface area contributed by atoms with Crippen molar-refractivity contribution in [1.82, 2.24) is 0 Å². The van der Waals surface area contributed by atoms with Crippen molar-refractivity contribution in [3.05, 3.63) is 34.9 Å². The Morgan fingerprint density at radius 2 is 1.92 bits per heavy atom. The number of halogens is 3. The van der Waals surface area contributed by atoms with Gasteiger partial charge in [0, 0.05) is 6.92 Å². The summed E-state index contributed by atoms with van der Waals surface area (Å²) < 4.78 is 45.4. The Kier molecular flexibility index (Phi) is 6.52. The van der Waals surface area contributed by atoms with Crippen LogP contribution in [0.1, 0.15) is 68.6 Å². The largest absolute Gasteiger partial charge is 0.479 e. The van der Waals surface area contributed by atoms with E-state index in [0.717, 1.165) is 32.1 Å². The first kappa shape index (κ1) is 18.6. The van der Waals surface area contributed by atoms with Crippen LogP contribution in [0, 0.1) is 0 Å². The van der Waals surface area contributed by atoms with Crippen molar-refractivity contribution in [2.24, 2.45) is 5.16 Å². The second-order valence-electron chi connectivity index (χ2n) is 6.07. The summed E-state index contributed by atoms with van der Waals surface area (Å²) in [5.41, 5.74) is 0.330. The molecule has 0 bridgehead atoms. The second kappa shape index (κ2) is 8.40. The van der Waals surface area contributed by atoms with E-state index in [4.69, 9.17) is 9.57 Å². The number of nitrogens with zero attached hydrogens (tertiary/aromatic N) is 1. The fourth-order valence-electron chi connectivity index (χ4n) is 3.14. The zero-order valence-electron chi connectivity index (χ0n) is 14.2. The van der Waals surface area contributed by atoms with E-state index in [9.17, 15) is 13.2 Å². The van der Waals surface area contributed by atoms with Crippen LogP contribution in [0.4, 0.5) is 13.2 Å². The van der Waals surface area contributed by atoms with Gasteiger partial charge in [0.25, 0.3) is 0 Å². The topological polar surface area (TPSA) is 30.8 Å². The number of ether oxygens (including phenoxy) is 1. The average Bonchev–Trinajstić information content (AvgIpc) is 2.55. The van der Waals surface area contributed by atoms with Gasteiger partial charge in [-0.15, -0.1) is 0 Å². The summed E-state index contributed by atoms with van der Waals surface area (Å²) in [7, 11) is 0. The van der Waals surface area contributed by atoms with Gasteiger partial charge in [0.15, 0.2) is 0 Å². The highest BCUT2D eigenvalue weighted by molar-refractivity contribution is 5.72. The highest BCUT2D eigenvalue weighted by Crippen LogP contribution is 2.41. The monoisotopic (exact) mass is 343 g/mol. The van der Waals surface area contributed by atoms with E-state index in [-0.39, 0.29) is 12.5 Å². The van der Waals surface area contributed by atoms with Gasteiger partial charge < -0.3 is 9.57 Å². The highest BCUT2D eigenvalue weighted by atomic mass is 19.4. The third kappa shape index (κ3) is 5.14. The normalized spacial score (nSPS) is 17.0. The Bertz CT molecular complexity index is 564. The van der Waals surface area contributed by atoms with Crippen LogP contribution in [0.15, 0.2) is 23.4 Å². The Morgan fingerprint density at radius 3 is 2.54 bits per heavy atom. The summed E-state index contributed by atoms with van der Waals surface area (Å²) in [4.78, 5) is 5.08. The Hall–Kier alpha value is -1.72. The maximum absolute atomic E-state index is 13.4. The molecule has 0 spiro atoms. The molecule has 0 aliphatic heterocycles. The lowest BCUT2D eigenvalue weighted by atomic mass is 9.81. The van der Waals surface area contributed by atoms with Crippen LogP contribution >= 0.6 is 0 Å². The number of rotatable bonds is 5. The molecule has 0 amide bonds. The molecule has 3 nitrogen and oxygen atoms in total. The van der Waals surface area contributed by atoms with Crippen LogP contribution in [-0.4, -0.2) is 12.5 Å². The number of hydrogen-bond acceptors (Lipinski definition) is 3. The molecule has 1 aromatic carbocycles. The third-order valence-electron chi connectivity index (χ3n) is 4.25. The van der Waals surface area contributed by atoms with Crippen molar-refractivity contribution < 1.29 is 22.7 Å². The van der Waals surface area contributed by atoms with Gasteiger partial charge in [-0.05, 0) is 42.9 Å². The smallest absolute Gasteiger partial charge is 0.416 e. The summed E-state index contributed by atoms with van der Waals surface area (Å²) in [5, 5.41) is 3.73. The van der Waals surface area contributed by atoms with Crippen molar-refractivity contribution >= 4 is 5.90 Å². The Labute approximate surface area is 140 Å². The lowest BCUT2D eigenvalue weighted by Gasteiger charge is -2.25. The Morgan fingerprint density at radius 1 is 1.21 bits per heavy atom. The van der Waals surface area contributed by atoms with Crippen LogP contribution < -0.4 is 0 Å². The van der Waals surface area contributed by atoms with Crippen LogP contribution in [-0.2, 0) is 22.4 Å². The fourth-order valence-corrected chi connectivity index (χ4v) is 3.14. The molecule has 0 heterocycles. The van der Waals surface area contributed by atoms with Crippen molar-refractivity contribution in [3.8, 4) is 0 Å². The maximum atomic E-state index is 13.4. The van der Waals surface area contributed by atoms with Crippen LogP contribution in [0.5, 0.6) is 0 Å². The summed E-state index contributed by atoms with van der Waals surface area (Å²) in [6.45, 7) is 3.90. The lowest BCUT2D eigenvalue weighted by Crippen LogP contribution is -2.15. The van der Waals surface area contributed by atoms with Crippen LogP contribution in [0.25, 0.3) is 0 Å². The quantitative estimate of drug-likeness (QED) is 0.393. The van der Waals surface area contributed by atoms with Crippen molar-refractivity contribution in [2.45, 2.75) is 64.7 Å². The van der Waals surface area contributed by atoms with Gasteiger partial charge in [-0.3, -0.25) is 0 Å². The molecule has 1 saturated carbocycles. The lowest BCUT2D eigenvalue weighted by molar-refractivity contribution is -0.138. The van der Waals surface area contributed by atoms with E-state index >= 15 is 0 Å². The van der Waals surface area contributed by atoms with Gasteiger partial charge in [-0.1, -0.05) is 36.6 Å². The fraction of sp³-hybridized carbons (Fsp3) is 0.611. The zero-order chi connectivity index (χ0) is 17.6. The first-order valence-electron chi connectivity index (χ1n) is 8.41. The molecule has 0 N–H and O–H groups in total. The molecule has 134 valence electrons. The molecule has 1 aliphatic rings. The molecule has 0 aromatic heterocycles. The van der Waals surface area contributed by atoms with Crippen molar-refractivity contribution in [3.63, 3.8) is 0 Å². The van der Waals surface area contributed by atoms with Gasteiger partial charge >= 0.3 is 6.18 Å². The highest BCUT2D eigenvalue weighted by Gasteiger charge is 2.35. The van der Waals surface area contributed by atoms with Gasteiger partial charge in [-0.25, -0.2) is 0 Å². The number of alkyl halides is 3. The van der Waals surface area contributed by atoms with E-state index in [2.05, 4.69) is 5.16 Å². The maximum Gasteiger partial charge on any atom is 0.416 e. The Balaban J connectivity index is 2.15. The third-order valence-corrected chi connectivity index (χ3v) is 4.25. The standard InChI is InChI=1S/C18H24F3NO2/c1-3-23-13(2)22-24-12-14-9-10-16(15-7-5-4-6-8-15)17(11-14)18(19,20)21/h9-11,15H,3-8,12H2,1-2H3/b22-13+. The van der Waals surface area contributed by atoms with E-state index in [1.165, 1.54) is 6.07 Å². The second-order valence-corrected chi connectivity index (χ2v) is 6.07. The molecule has 0 radical (unpaired) electrons. The van der Waals surface area contributed by atoms with E-state index in [1.807, 2.05) is 6.92 Å². The zero-order valence-corrected chi connectivity index (χ0v) is 14.2. The number of hydrogen-bond donors (Lipinski definition) is 0. The molecular weight excluding hydrogens is 319 g/mol. The molecule has 0 unspecified atom stereocenters. The molecule has 6 heteroatoms. The van der Waals surface area contributed by atoms with Gasteiger partial charge in [0.05, 0.1) is 12.2 Å². The van der Waals surface area contributed by atoms with Gasteiger partial charge in [-0.2, -0.15) is 13.2 Å².